The van der Waals surface area contributed by atoms with Crippen molar-refractivity contribution in [1.29, 1.82) is 0 Å². The van der Waals surface area contributed by atoms with Gasteiger partial charge in [-0.3, -0.25) is 0 Å². The average Bonchev–Trinajstić information content (AvgIpc) is 2.32. The van der Waals surface area contributed by atoms with Crippen LogP contribution >= 0.6 is 12.6 Å². The molecule has 0 aromatic heterocycles. The van der Waals surface area contributed by atoms with E-state index in [1.807, 2.05) is 0 Å². The summed E-state index contributed by atoms with van der Waals surface area (Å²) in [4.78, 5) is 0. The lowest BCUT2D eigenvalue weighted by Gasteiger charge is -2.08. The van der Waals surface area contributed by atoms with E-state index in [4.69, 9.17) is 11.5 Å². The van der Waals surface area contributed by atoms with Crippen molar-refractivity contribution in [2.45, 2.75) is 17.7 Å². The molecular formula is C9H12N2OS. The number of nitrogens with two attached hydrogens (primary N) is 2. The monoisotopic (exact) mass is 196 g/mol. The molecule has 3 nitrogen and oxygen atoms in total. The molecule has 0 spiro atoms. The first-order valence-electron chi connectivity index (χ1n) is 4.14. The topological polar surface area (TPSA) is 72.3 Å². The molecule has 13 heavy (non-hydrogen) atoms. The highest BCUT2D eigenvalue weighted by molar-refractivity contribution is 7.80. The minimum Gasteiger partial charge on any atom is -0.508 e. The lowest BCUT2D eigenvalue weighted by molar-refractivity contribution is 0.475. The molecule has 0 fully saturated rings. The van der Waals surface area contributed by atoms with E-state index in [-0.39, 0.29) is 17.0 Å². The summed E-state index contributed by atoms with van der Waals surface area (Å²) >= 11 is 4.37. The maximum atomic E-state index is 9.33. The summed E-state index contributed by atoms with van der Waals surface area (Å²) in [5.41, 5.74) is 14.2. The van der Waals surface area contributed by atoms with Crippen LogP contribution in [0.3, 0.4) is 0 Å². The molecule has 0 saturated carbocycles. The van der Waals surface area contributed by atoms with Gasteiger partial charge in [0.05, 0.1) is 0 Å². The molecule has 0 aliphatic heterocycles. The van der Waals surface area contributed by atoms with Gasteiger partial charge in [0.25, 0.3) is 0 Å². The molecule has 4 heteroatoms. The van der Waals surface area contributed by atoms with Gasteiger partial charge in [-0.2, -0.15) is 12.6 Å². The van der Waals surface area contributed by atoms with Crippen molar-refractivity contribution in [3.05, 3.63) is 23.3 Å². The van der Waals surface area contributed by atoms with E-state index in [0.717, 1.165) is 17.5 Å². The van der Waals surface area contributed by atoms with Crippen LogP contribution < -0.4 is 11.5 Å². The summed E-state index contributed by atoms with van der Waals surface area (Å²) in [5, 5.41) is 9.32. The second-order valence-electron chi connectivity index (χ2n) is 3.42. The van der Waals surface area contributed by atoms with Gasteiger partial charge in [-0.1, -0.05) is 0 Å². The third-order valence-corrected chi connectivity index (χ3v) is 3.13. The summed E-state index contributed by atoms with van der Waals surface area (Å²) in [6, 6.07) is 3.25. The van der Waals surface area contributed by atoms with Crippen LogP contribution in [0.2, 0.25) is 0 Å². The van der Waals surface area contributed by atoms with Gasteiger partial charge in [0.15, 0.2) is 0 Å². The van der Waals surface area contributed by atoms with Crippen LogP contribution in [0.15, 0.2) is 12.1 Å². The molecule has 5 N–H and O–H groups in total. The number of rotatable bonds is 0. The molecule has 0 bridgehead atoms. The first kappa shape index (κ1) is 8.72. The number of hydrogen-bond acceptors (Lipinski definition) is 4. The summed E-state index contributed by atoms with van der Waals surface area (Å²) in [5.74, 6) is 0.185. The Morgan fingerprint density at radius 1 is 1.46 bits per heavy atom. The molecule has 2 rings (SSSR count). The first-order chi connectivity index (χ1) is 6.09. The Morgan fingerprint density at radius 3 is 2.85 bits per heavy atom. The third kappa shape index (κ3) is 1.26. The van der Waals surface area contributed by atoms with Crippen LogP contribution in [0.4, 0.5) is 5.69 Å². The fourth-order valence-electron chi connectivity index (χ4n) is 1.78. The van der Waals surface area contributed by atoms with Crippen molar-refractivity contribution < 1.29 is 5.11 Å². The largest absolute Gasteiger partial charge is 0.508 e. The summed E-state index contributed by atoms with van der Waals surface area (Å²) in [6.07, 6.45) is 0.746. The van der Waals surface area contributed by atoms with Crippen molar-refractivity contribution in [3.8, 4) is 5.75 Å². The lowest BCUT2D eigenvalue weighted by atomic mass is 10.1. The Balaban J connectivity index is 2.57. The van der Waals surface area contributed by atoms with E-state index >= 15 is 0 Å². The average molecular weight is 196 g/mol. The van der Waals surface area contributed by atoms with Crippen molar-refractivity contribution in [1.82, 2.24) is 0 Å². The molecule has 0 radical (unpaired) electrons. The van der Waals surface area contributed by atoms with Gasteiger partial charge in [0.1, 0.15) is 5.75 Å². The van der Waals surface area contributed by atoms with E-state index in [0.29, 0.717) is 5.69 Å². The van der Waals surface area contributed by atoms with Crippen LogP contribution in [0.1, 0.15) is 16.4 Å². The van der Waals surface area contributed by atoms with Crippen molar-refractivity contribution in [2.75, 3.05) is 5.73 Å². The fourth-order valence-corrected chi connectivity index (χ4v) is 2.11. The van der Waals surface area contributed by atoms with Crippen molar-refractivity contribution in [2.24, 2.45) is 5.73 Å². The van der Waals surface area contributed by atoms with E-state index in [2.05, 4.69) is 12.6 Å². The van der Waals surface area contributed by atoms with Crippen LogP contribution in [0, 0.1) is 0 Å². The number of anilines is 1. The van der Waals surface area contributed by atoms with Crippen LogP contribution in [-0.2, 0) is 6.42 Å². The van der Waals surface area contributed by atoms with E-state index in [1.165, 1.54) is 0 Å². The van der Waals surface area contributed by atoms with E-state index < -0.39 is 0 Å². The van der Waals surface area contributed by atoms with Gasteiger partial charge in [-0.05, 0) is 23.6 Å². The third-order valence-electron chi connectivity index (χ3n) is 2.47. The Bertz CT molecular complexity index is 354. The molecule has 2 unspecified atom stereocenters. The molecule has 1 aliphatic rings. The number of fused-ring (bicyclic) bond motifs is 1. The van der Waals surface area contributed by atoms with Gasteiger partial charge in [-0.25, -0.2) is 0 Å². The number of hydrogen-bond donors (Lipinski definition) is 4. The number of phenolic OH excluding ortho intramolecular Hbond substituents is 1. The Labute approximate surface area is 82.1 Å². The molecule has 0 amide bonds. The zero-order valence-corrected chi connectivity index (χ0v) is 7.96. The summed E-state index contributed by atoms with van der Waals surface area (Å²) < 4.78 is 0. The smallest absolute Gasteiger partial charge is 0.117 e. The zero-order chi connectivity index (χ0) is 9.59. The zero-order valence-electron chi connectivity index (χ0n) is 7.07. The highest BCUT2D eigenvalue weighted by atomic mass is 32.1. The normalized spacial score (nSPS) is 26.0. The highest BCUT2D eigenvalue weighted by Gasteiger charge is 2.28. The number of aromatic hydroxyl groups is 1. The van der Waals surface area contributed by atoms with Crippen LogP contribution in [-0.4, -0.2) is 11.1 Å². The molecule has 0 saturated heterocycles. The van der Waals surface area contributed by atoms with Crippen molar-refractivity contribution >= 4 is 18.3 Å². The molecule has 70 valence electrons. The molecule has 1 aliphatic carbocycles. The van der Waals surface area contributed by atoms with Gasteiger partial charge < -0.3 is 16.6 Å². The van der Waals surface area contributed by atoms with Gasteiger partial charge >= 0.3 is 0 Å². The predicted molar refractivity (Wildman–Crippen MR) is 55.9 cm³/mol. The quantitative estimate of drug-likeness (QED) is 0.367. The molecule has 1 aromatic rings. The second-order valence-corrected chi connectivity index (χ2v) is 3.97. The molecule has 2 atom stereocenters. The number of phenols is 1. The number of nitrogen functional groups attached to an aromatic ring is 1. The SMILES string of the molecule is Nc1cc(O)cc2c1CC(N)C2S. The fraction of sp³-hybridized carbons (Fsp3) is 0.333. The highest BCUT2D eigenvalue weighted by Crippen LogP contribution is 2.39. The Morgan fingerprint density at radius 2 is 2.15 bits per heavy atom. The predicted octanol–water partition coefficient (Wildman–Crippen LogP) is 0.829. The Kier molecular flexibility index (Phi) is 1.89. The minimum atomic E-state index is -0.00981. The maximum Gasteiger partial charge on any atom is 0.117 e. The number of benzene rings is 1. The Hall–Kier alpha value is -0.870. The summed E-state index contributed by atoms with van der Waals surface area (Å²) in [6.45, 7) is 0. The van der Waals surface area contributed by atoms with Gasteiger partial charge in [0.2, 0.25) is 0 Å². The molecule has 1 aromatic carbocycles. The van der Waals surface area contributed by atoms with Crippen molar-refractivity contribution in [3.63, 3.8) is 0 Å². The maximum absolute atomic E-state index is 9.33. The standard InChI is InChI=1S/C9H12N2OS/c10-7-2-4(12)1-6-5(7)3-8(11)9(6)13/h1-2,8-9,12-13H,3,10-11H2. The molecular weight excluding hydrogens is 184 g/mol. The van der Waals surface area contributed by atoms with Gasteiger partial charge in [0, 0.05) is 23.0 Å². The van der Waals surface area contributed by atoms with E-state index in [1.54, 1.807) is 12.1 Å². The second kappa shape index (κ2) is 2.82. The summed E-state index contributed by atoms with van der Waals surface area (Å²) in [7, 11) is 0. The van der Waals surface area contributed by atoms with Gasteiger partial charge in [-0.15, -0.1) is 0 Å². The van der Waals surface area contributed by atoms with E-state index in [9.17, 15) is 5.11 Å². The first-order valence-corrected chi connectivity index (χ1v) is 4.66. The number of thiol groups is 1. The van der Waals surface area contributed by atoms with Crippen LogP contribution in [0.5, 0.6) is 5.75 Å². The van der Waals surface area contributed by atoms with Crippen LogP contribution in [0.25, 0.3) is 0 Å². The minimum absolute atomic E-state index is 0.00225. The lowest BCUT2D eigenvalue weighted by Crippen LogP contribution is -2.21. The molecule has 0 heterocycles.